The average Bonchev–Trinajstić information content (AvgIpc) is 2.79. The van der Waals surface area contributed by atoms with E-state index >= 15 is 0 Å². The van der Waals surface area contributed by atoms with Crippen molar-refractivity contribution in [1.82, 2.24) is 0 Å². The third-order valence-corrected chi connectivity index (χ3v) is 6.26. The maximum absolute atomic E-state index is 6.46. The lowest BCUT2D eigenvalue weighted by atomic mass is 9.82. The van der Waals surface area contributed by atoms with Crippen LogP contribution in [0.4, 0.5) is 5.69 Å². The predicted octanol–water partition coefficient (Wildman–Crippen LogP) is 6.27. The predicted molar refractivity (Wildman–Crippen MR) is 107 cm³/mol. The molecular formula is C23H29NO. The summed E-state index contributed by atoms with van der Waals surface area (Å²) >= 11 is 0. The summed E-state index contributed by atoms with van der Waals surface area (Å²) in [7, 11) is 0. The van der Waals surface area contributed by atoms with Gasteiger partial charge in [-0.2, -0.15) is 0 Å². The van der Waals surface area contributed by atoms with Gasteiger partial charge in [0.25, 0.3) is 0 Å². The van der Waals surface area contributed by atoms with Crippen LogP contribution in [0.1, 0.15) is 57.9 Å². The second-order valence-electron chi connectivity index (χ2n) is 9.06. The normalized spacial score (nSPS) is 23.9. The van der Waals surface area contributed by atoms with Crippen LogP contribution in [0.5, 0.6) is 0 Å². The third-order valence-electron chi connectivity index (χ3n) is 6.26. The van der Waals surface area contributed by atoms with Crippen molar-refractivity contribution in [2.45, 2.75) is 66.0 Å². The van der Waals surface area contributed by atoms with E-state index in [1.165, 1.54) is 28.6 Å². The van der Waals surface area contributed by atoms with Gasteiger partial charge in [0.05, 0.1) is 5.69 Å². The lowest BCUT2D eigenvalue weighted by Crippen LogP contribution is -2.43. The summed E-state index contributed by atoms with van der Waals surface area (Å²) in [6, 6.07) is 4.95. The highest BCUT2D eigenvalue weighted by atomic mass is 16.3. The molecule has 0 spiro atoms. The molecule has 1 atom stereocenters. The van der Waals surface area contributed by atoms with Crippen LogP contribution >= 0.6 is 0 Å². The molecule has 2 heterocycles. The first-order chi connectivity index (χ1) is 11.7. The molecule has 0 amide bonds. The van der Waals surface area contributed by atoms with Gasteiger partial charge in [0.2, 0.25) is 0 Å². The lowest BCUT2D eigenvalue weighted by molar-refractivity contribution is 0.329. The highest BCUT2D eigenvalue weighted by molar-refractivity contribution is 5.98. The Morgan fingerprint density at radius 2 is 1.88 bits per heavy atom. The number of hydrogen-bond acceptors (Lipinski definition) is 2. The summed E-state index contributed by atoms with van der Waals surface area (Å²) in [6.07, 6.45) is 10.6. The van der Waals surface area contributed by atoms with Gasteiger partial charge in [-0.3, -0.25) is 0 Å². The van der Waals surface area contributed by atoms with Gasteiger partial charge < -0.3 is 9.32 Å². The fourth-order valence-corrected chi connectivity index (χ4v) is 5.07. The average molecular weight is 335 g/mol. The Morgan fingerprint density at radius 1 is 1.12 bits per heavy atom. The largest absolute Gasteiger partial charge is 0.458 e. The van der Waals surface area contributed by atoms with E-state index in [-0.39, 0.29) is 11.0 Å². The Bertz CT molecular complexity index is 894. The van der Waals surface area contributed by atoms with Crippen molar-refractivity contribution in [2.24, 2.45) is 5.41 Å². The molecule has 1 aliphatic carbocycles. The van der Waals surface area contributed by atoms with Crippen molar-refractivity contribution in [1.29, 1.82) is 0 Å². The summed E-state index contributed by atoms with van der Waals surface area (Å²) in [5.74, 6) is 1.08. The van der Waals surface area contributed by atoms with Crippen LogP contribution in [0.2, 0.25) is 0 Å². The molecule has 1 saturated heterocycles. The van der Waals surface area contributed by atoms with Crippen LogP contribution in [0.3, 0.4) is 0 Å². The fraction of sp³-hybridized carbons (Fsp3) is 0.478. The van der Waals surface area contributed by atoms with E-state index in [4.69, 9.17) is 4.42 Å². The molecule has 2 aliphatic rings. The summed E-state index contributed by atoms with van der Waals surface area (Å²) in [5, 5.41) is 1.24. The Hall–Kier alpha value is -1.96. The molecule has 2 aromatic rings. The second kappa shape index (κ2) is 5.27. The SMILES string of the molecule is Cc1ccc2c3c(oc2c1N1[C@@H](C)C(C)(C)CC1(C)C)CC=CC=C3. The van der Waals surface area contributed by atoms with Crippen molar-refractivity contribution < 1.29 is 4.42 Å². The minimum atomic E-state index is 0.113. The van der Waals surface area contributed by atoms with Crippen molar-refractivity contribution in [3.8, 4) is 0 Å². The molecule has 1 fully saturated rings. The van der Waals surface area contributed by atoms with E-state index in [9.17, 15) is 0 Å². The van der Waals surface area contributed by atoms with Crippen LogP contribution in [-0.4, -0.2) is 11.6 Å². The molecule has 25 heavy (non-hydrogen) atoms. The number of aryl methyl sites for hydroxylation is 1. The number of anilines is 1. The number of hydrogen-bond donors (Lipinski definition) is 0. The smallest absolute Gasteiger partial charge is 0.158 e. The van der Waals surface area contributed by atoms with Gasteiger partial charge in [-0.05, 0) is 45.1 Å². The zero-order valence-corrected chi connectivity index (χ0v) is 16.3. The number of rotatable bonds is 1. The van der Waals surface area contributed by atoms with E-state index < -0.39 is 0 Å². The van der Waals surface area contributed by atoms with E-state index in [1.54, 1.807) is 0 Å². The standard InChI is InChI=1S/C23H29NO/c1-15-12-13-18-17-10-8-7-9-11-19(17)25-21(18)20(15)24-16(2)22(3,4)14-23(24,5)6/h7-10,12-13,16H,11,14H2,1-6H3/t16-/m0/s1. The Kier molecular flexibility index (Phi) is 3.48. The molecule has 1 aromatic carbocycles. The molecule has 1 aromatic heterocycles. The van der Waals surface area contributed by atoms with Crippen LogP contribution < -0.4 is 4.90 Å². The third kappa shape index (κ3) is 2.38. The van der Waals surface area contributed by atoms with Crippen molar-refractivity contribution in [2.75, 3.05) is 4.90 Å². The Labute approximate surface area is 151 Å². The number of allylic oxidation sites excluding steroid dienone is 3. The van der Waals surface area contributed by atoms with Crippen LogP contribution in [0, 0.1) is 12.3 Å². The summed E-state index contributed by atoms with van der Waals surface area (Å²) < 4.78 is 6.46. The van der Waals surface area contributed by atoms with Gasteiger partial charge >= 0.3 is 0 Å². The summed E-state index contributed by atoms with van der Waals surface area (Å²) in [4.78, 5) is 2.62. The number of nitrogens with zero attached hydrogens (tertiary/aromatic N) is 1. The van der Waals surface area contributed by atoms with E-state index in [0.717, 1.165) is 17.8 Å². The van der Waals surface area contributed by atoms with Crippen molar-refractivity contribution in [3.05, 3.63) is 47.2 Å². The first-order valence-corrected chi connectivity index (χ1v) is 9.40. The van der Waals surface area contributed by atoms with E-state index in [1.807, 2.05) is 0 Å². The molecule has 1 aliphatic heterocycles. The topological polar surface area (TPSA) is 16.4 Å². The number of fused-ring (bicyclic) bond motifs is 3. The Balaban J connectivity index is 1.98. The fourth-order valence-electron chi connectivity index (χ4n) is 5.07. The van der Waals surface area contributed by atoms with Crippen LogP contribution in [0.15, 0.2) is 34.8 Å². The van der Waals surface area contributed by atoms with Gasteiger partial charge in [0.15, 0.2) is 5.58 Å². The molecule has 0 saturated carbocycles. The second-order valence-corrected chi connectivity index (χ2v) is 9.06. The van der Waals surface area contributed by atoms with Gasteiger partial charge in [-0.1, -0.05) is 50.3 Å². The monoisotopic (exact) mass is 335 g/mol. The van der Waals surface area contributed by atoms with Gasteiger partial charge in [-0.25, -0.2) is 0 Å². The molecule has 4 rings (SSSR count). The first-order valence-electron chi connectivity index (χ1n) is 9.40. The van der Waals surface area contributed by atoms with Gasteiger partial charge in [-0.15, -0.1) is 0 Å². The summed E-state index contributed by atoms with van der Waals surface area (Å²) in [6.45, 7) is 14.1. The lowest BCUT2D eigenvalue weighted by Gasteiger charge is -2.38. The van der Waals surface area contributed by atoms with Crippen molar-refractivity contribution in [3.63, 3.8) is 0 Å². The molecule has 0 unspecified atom stereocenters. The maximum atomic E-state index is 6.46. The zero-order valence-electron chi connectivity index (χ0n) is 16.3. The zero-order chi connectivity index (χ0) is 18.0. The number of benzene rings is 1. The summed E-state index contributed by atoms with van der Waals surface area (Å²) in [5.41, 5.74) is 5.28. The van der Waals surface area contributed by atoms with Crippen LogP contribution in [0.25, 0.3) is 17.0 Å². The van der Waals surface area contributed by atoms with Crippen LogP contribution in [-0.2, 0) is 6.42 Å². The van der Waals surface area contributed by atoms with E-state index in [0.29, 0.717) is 6.04 Å². The molecule has 2 nitrogen and oxygen atoms in total. The maximum Gasteiger partial charge on any atom is 0.158 e. The minimum absolute atomic E-state index is 0.113. The van der Waals surface area contributed by atoms with Crippen molar-refractivity contribution >= 4 is 22.7 Å². The molecule has 132 valence electrons. The molecule has 0 N–H and O–H groups in total. The highest BCUT2D eigenvalue weighted by Crippen LogP contribution is 2.51. The van der Waals surface area contributed by atoms with Gasteiger partial charge in [0.1, 0.15) is 5.76 Å². The van der Waals surface area contributed by atoms with E-state index in [2.05, 4.69) is 82.9 Å². The highest BCUT2D eigenvalue weighted by Gasteiger charge is 2.49. The quantitative estimate of drug-likeness (QED) is 0.610. The molecule has 0 bridgehead atoms. The first kappa shape index (κ1) is 16.5. The molecular weight excluding hydrogens is 306 g/mol. The molecule has 2 heteroatoms. The number of furan rings is 1. The Morgan fingerprint density at radius 3 is 2.56 bits per heavy atom. The van der Waals surface area contributed by atoms with Gasteiger partial charge in [0, 0.05) is 29.0 Å². The minimum Gasteiger partial charge on any atom is -0.458 e. The molecule has 0 radical (unpaired) electrons.